The summed E-state index contributed by atoms with van der Waals surface area (Å²) in [5, 5.41) is 15.2. The van der Waals surface area contributed by atoms with E-state index >= 15 is 0 Å². The van der Waals surface area contributed by atoms with Crippen LogP contribution >= 0.6 is 0 Å². The molecule has 3 rings (SSSR count). The number of H-pyrrole nitrogens is 1. The number of hydrogen-bond acceptors (Lipinski definition) is 3. The van der Waals surface area contributed by atoms with Crippen molar-refractivity contribution >= 4 is 5.91 Å². The minimum Gasteiger partial charge on any atom is -0.349 e. The van der Waals surface area contributed by atoms with Crippen LogP contribution in [0.25, 0.3) is 0 Å². The number of rotatable bonds is 6. The first-order chi connectivity index (χ1) is 12.0. The Bertz CT molecular complexity index is 758. The number of nitrogens with one attached hydrogen (secondary N) is 2. The van der Waals surface area contributed by atoms with Gasteiger partial charge in [0, 0.05) is 36.3 Å². The molecule has 1 aliphatic carbocycles. The molecule has 0 saturated carbocycles. The Morgan fingerprint density at radius 2 is 2.08 bits per heavy atom. The Morgan fingerprint density at radius 1 is 1.32 bits per heavy atom. The maximum absolute atomic E-state index is 12.4. The molecule has 0 fully saturated rings. The van der Waals surface area contributed by atoms with Gasteiger partial charge in [-0.25, -0.2) is 0 Å². The third-order valence-electron chi connectivity index (χ3n) is 5.28. The van der Waals surface area contributed by atoms with E-state index in [1.54, 1.807) is 0 Å². The van der Waals surface area contributed by atoms with E-state index in [9.17, 15) is 4.79 Å². The maximum atomic E-state index is 12.4. The number of amides is 1. The van der Waals surface area contributed by atoms with Gasteiger partial charge in [0.2, 0.25) is 5.91 Å². The summed E-state index contributed by atoms with van der Waals surface area (Å²) in [5.41, 5.74) is 6.95. The highest BCUT2D eigenvalue weighted by Gasteiger charge is 2.20. The van der Waals surface area contributed by atoms with Crippen LogP contribution in [0.1, 0.15) is 73.1 Å². The number of aromatic amines is 1. The van der Waals surface area contributed by atoms with E-state index in [2.05, 4.69) is 34.5 Å². The van der Waals surface area contributed by atoms with E-state index in [0.717, 1.165) is 42.0 Å². The molecule has 0 saturated heterocycles. The average Bonchev–Trinajstić information content (AvgIpc) is 3.13. The molecule has 2 heterocycles. The summed E-state index contributed by atoms with van der Waals surface area (Å²) in [6, 6.07) is -0.0269. The SMILES string of the molecule is CCn1nc(C)c([C@@H](C)NC(=O)CCc2n[nH]c3c2CCCC3)c1C. The lowest BCUT2D eigenvalue weighted by Gasteiger charge is -2.15. The van der Waals surface area contributed by atoms with Crippen LogP contribution in [0.2, 0.25) is 0 Å². The van der Waals surface area contributed by atoms with E-state index in [1.165, 1.54) is 24.1 Å². The summed E-state index contributed by atoms with van der Waals surface area (Å²) in [6.07, 6.45) is 5.82. The molecule has 2 aromatic heterocycles. The highest BCUT2D eigenvalue weighted by molar-refractivity contribution is 5.76. The van der Waals surface area contributed by atoms with E-state index < -0.39 is 0 Å². The van der Waals surface area contributed by atoms with Crippen LogP contribution in [0.5, 0.6) is 0 Å². The zero-order chi connectivity index (χ0) is 18.0. The van der Waals surface area contributed by atoms with Crippen molar-refractivity contribution in [3.8, 4) is 0 Å². The molecule has 2 aromatic rings. The number of carbonyl (C=O) groups is 1. The Labute approximate surface area is 149 Å². The van der Waals surface area contributed by atoms with Crippen LogP contribution in [0.4, 0.5) is 0 Å². The monoisotopic (exact) mass is 343 g/mol. The van der Waals surface area contributed by atoms with E-state index in [0.29, 0.717) is 12.8 Å². The number of aromatic nitrogens is 4. The summed E-state index contributed by atoms with van der Waals surface area (Å²) in [4.78, 5) is 12.4. The standard InChI is InChI=1S/C19H29N5O/c1-5-24-14(4)19(13(3)23-24)12(2)20-18(25)11-10-17-15-8-6-7-9-16(15)21-22-17/h12H,5-11H2,1-4H3,(H,20,25)(H,21,22)/t12-/m1/s1. The molecular weight excluding hydrogens is 314 g/mol. The Morgan fingerprint density at radius 3 is 2.80 bits per heavy atom. The van der Waals surface area contributed by atoms with Crippen molar-refractivity contribution in [2.24, 2.45) is 0 Å². The van der Waals surface area contributed by atoms with Crippen LogP contribution in [-0.4, -0.2) is 25.9 Å². The molecule has 0 unspecified atom stereocenters. The van der Waals surface area contributed by atoms with Gasteiger partial charge in [-0.3, -0.25) is 14.6 Å². The molecule has 1 amide bonds. The molecule has 2 N–H and O–H groups in total. The Kier molecular flexibility index (Phi) is 5.25. The lowest BCUT2D eigenvalue weighted by Crippen LogP contribution is -2.27. The van der Waals surface area contributed by atoms with Gasteiger partial charge < -0.3 is 5.32 Å². The van der Waals surface area contributed by atoms with Crippen molar-refractivity contribution in [3.63, 3.8) is 0 Å². The summed E-state index contributed by atoms with van der Waals surface area (Å²) in [5.74, 6) is 0.0723. The van der Waals surface area contributed by atoms with E-state index in [4.69, 9.17) is 0 Å². The molecule has 0 aliphatic heterocycles. The fourth-order valence-corrected chi connectivity index (χ4v) is 4.02. The largest absolute Gasteiger partial charge is 0.349 e. The van der Waals surface area contributed by atoms with Crippen molar-refractivity contribution in [2.75, 3.05) is 0 Å². The van der Waals surface area contributed by atoms with Gasteiger partial charge in [0.1, 0.15) is 0 Å². The zero-order valence-electron chi connectivity index (χ0n) is 15.8. The van der Waals surface area contributed by atoms with Crippen molar-refractivity contribution in [3.05, 3.63) is 33.9 Å². The molecule has 136 valence electrons. The molecule has 0 spiro atoms. The van der Waals surface area contributed by atoms with Gasteiger partial charge in [0.15, 0.2) is 0 Å². The Balaban J connectivity index is 1.59. The van der Waals surface area contributed by atoms with Gasteiger partial charge in [0.25, 0.3) is 0 Å². The number of nitrogens with zero attached hydrogens (tertiary/aromatic N) is 3. The summed E-state index contributed by atoms with van der Waals surface area (Å²) >= 11 is 0. The molecule has 0 bridgehead atoms. The van der Waals surface area contributed by atoms with E-state index in [-0.39, 0.29) is 11.9 Å². The minimum atomic E-state index is -0.0269. The molecule has 25 heavy (non-hydrogen) atoms. The summed E-state index contributed by atoms with van der Waals surface area (Å²) in [7, 11) is 0. The van der Waals surface area contributed by atoms with Crippen molar-refractivity contribution in [1.29, 1.82) is 0 Å². The van der Waals surface area contributed by atoms with Crippen LogP contribution in [-0.2, 0) is 30.6 Å². The topological polar surface area (TPSA) is 75.6 Å². The van der Waals surface area contributed by atoms with Crippen LogP contribution in [0.3, 0.4) is 0 Å². The second-order valence-electron chi connectivity index (χ2n) is 7.02. The smallest absolute Gasteiger partial charge is 0.220 e. The summed E-state index contributed by atoms with van der Waals surface area (Å²) in [6.45, 7) is 9.03. The number of carbonyl (C=O) groups excluding carboxylic acids is 1. The van der Waals surface area contributed by atoms with Gasteiger partial charge >= 0.3 is 0 Å². The number of hydrogen-bond donors (Lipinski definition) is 2. The van der Waals surface area contributed by atoms with Gasteiger partial charge in [-0.1, -0.05) is 0 Å². The second kappa shape index (κ2) is 7.42. The van der Waals surface area contributed by atoms with Gasteiger partial charge in [0.05, 0.1) is 17.4 Å². The maximum Gasteiger partial charge on any atom is 0.220 e. The first kappa shape index (κ1) is 17.7. The van der Waals surface area contributed by atoms with Crippen LogP contribution < -0.4 is 5.32 Å². The van der Waals surface area contributed by atoms with E-state index in [1.807, 2.05) is 18.5 Å². The van der Waals surface area contributed by atoms with Crippen molar-refractivity contribution in [2.45, 2.75) is 78.8 Å². The summed E-state index contributed by atoms with van der Waals surface area (Å²) < 4.78 is 1.99. The predicted octanol–water partition coefficient (Wildman–Crippen LogP) is 2.93. The fraction of sp³-hybridized carbons (Fsp3) is 0.632. The normalized spacial score (nSPS) is 15.0. The number of aryl methyl sites for hydroxylation is 4. The number of fused-ring (bicyclic) bond motifs is 1. The predicted molar refractivity (Wildman–Crippen MR) is 97.5 cm³/mol. The lowest BCUT2D eigenvalue weighted by atomic mass is 9.94. The second-order valence-corrected chi connectivity index (χ2v) is 7.02. The highest BCUT2D eigenvalue weighted by Crippen LogP contribution is 2.24. The van der Waals surface area contributed by atoms with Gasteiger partial charge in [-0.15, -0.1) is 0 Å². The molecule has 0 radical (unpaired) electrons. The first-order valence-corrected chi connectivity index (χ1v) is 9.39. The fourth-order valence-electron chi connectivity index (χ4n) is 4.02. The quantitative estimate of drug-likeness (QED) is 0.847. The minimum absolute atomic E-state index is 0.0269. The molecule has 0 aromatic carbocycles. The van der Waals surface area contributed by atoms with Gasteiger partial charge in [-0.05, 0) is 58.9 Å². The van der Waals surface area contributed by atoms with Crippen molar-refractivity contribution < 1.29 is 4.79 Å². The molecule has 1 atom stereocenters. The third kappa shape index (κ3) is 3.62. The van der Waals surface area contributed by atoms with Crippen LogP contribution in [0, 0.1) is 13.8 Å². The van der Waals surface area contributed by atoms with Crippen LogP contribution in [0.15, 0.2) is 0 Å². The molecule has 1 aliphatic rings. The molecular formula is C19H29N5O. The Hall–Kier alpha value is -2.11. The zero-order valence-corrected chi connectivity index (χ0v) is 15.8. The first-order valence-electron chi connectivity index (χ1n) is 9.39. The van der Waals surface area contributed by atoms with Crippen molar-refractivity contribution in [1.82, 2.24) is 25.3 Å². The molecule has 6 nitrogen and oxygen atoms in total. The van der Waals surface area contributed by atoms with Gasteiger partial charge in [-0.2, -0.15) is 10.2 Å². The molecule has 6 heteroatoms. The lowest BCUT2D eigenvalue weighted by molar-refractivity contribution is -0.121. The average molecular weight is 343 g/mol. The third-order valence-corrected chi connectivity index (χ3v) is 5.28. The highest BCUT2D eigenvalue weighted by atomic mass is 16.1.